The van der Waals surface area contributed by atoms with Crippen molar-refractivity contribution in [2.75, 3.05) is 16.4 Å². The molecule has 0 aliphatic carbocycles. The number of anilines is 2. The van der Waals surface area contributed by atoms with Crippen molar-refractivity contribution in [1.82, 2.24) is 14.8 Å². The molecule has 4 aromatic rings. The lowest BCUT2D eigenvalue weighted by atomic mass is 10.2. The number of nitrogens with zero attached hydrogens (tertiary/aromatic N) is 4. The van der Waals surface area contributed by atoms with Gasteiger partial charge in [-0.3, -0.25) is 19.5 Å². The van der Waals surface area contributed by atoms with E-state index in [-0.39, 0.29) is 17.3 Å². The fourth-order valence-electron chi connectivity index (χ4n) is 3.22. The molecule has 3 aromatic carbocycles. The van der Waals surface area contributed by atoms with Crippen molar-refractivity contribution in [3.05, 3.63) is 100 Å². The second-order valence-corrected chi connectivity index (χ2v) is 8.38. The van der Waals surface area contributed by atoms with Crippen LogP contribution in [0.4, 0.5) is 17.1 Å². The molecule has 0 saturated carbocycles. The van der Waals surface area contributed by atoms with Crippen molar-refractivity contribution in [1.29, 1.82) is 0 Å². The summed E-state index contributed by atoms with van der Waals surface area (Å²) in [6.07, 6.45) is 0. The number of thioether (sulfide) groups is 1. The van der Waals surface area contributed by atoms with E-state index in [2.05, 4.69) is 20.8 Å². The summed E-state index contributed by atoms with van der Waals surface area (Å²) in [4.78, 5) is 22.9. The van der Waals surface area contributed by atoms with E-state index in [0.29, 0.717) is 23.2 Å². The van der Waals surface area contributed by atoms with E-state index in [9.17, 15) is 14.9 Å². The van der Waals surface area contributed by atoms with Crippen LogP contribution in [0.2, 0.25) is 0 Å². The topological polar surface area (TPSA) is 115 Å². The van der Waals surface area contributed by atoms with Crippen molar-refractivity contribution < 1.29 is 9.72 Å². The minimum absolute atomic E-state index is 0.0685. The van der Waals surface area contributed by atoms with Crippen LogP contribution in [0, 0.1) is 17.0 Å². The molecule has 9 nitrogen and oxygen atoms in total. The van der Waals surface area contributed by atoms with Gasteiger partial charge in [-0.2, -0.15) is 0 Å². The summed E-state index contributed by atoms with van der Waals surface area (Å²) < 4.78 is 1.91. The van der Waals surface area contributed by atoms with Gasteiger partial charge in [0.15, 0.2) is 11.0 Å². The predicted molar refractivity (Wildman–Crippen MR) is 132 cm³/mol. The van der Waals surface area contributed by atoms with E-state index in [1.54, 1.807) is 6.07 Å². The summed E-state index contributed by atoms with van der Waals surface area (Å²) in [6.45, 7) is 2.49. The number of carbonyl (C=O) groups is 1. The van der Waals surface area contributed by atoms with Gasteiger partial charge in [0.1, 0.15) is 0 Å². The lowest BCUT2D eigenvalue weighted by molar-refractivity contribution is -0.384. The van der Waals surface area contributed by atoms with Crippen LogP contribution in [0.1, 0.15) is 11.4 Å². The summed E-state index contributed by atoms with van der Waals surface area (Å²) in [5.41, 5.74) is 3.32. The van der Waals surface area contributed by atoms with Gasteiger partial charge in [0.25, 0.3) is 5.69 Å². The number of hydrogen-bond donors (Lipinski definition) is 2. The molecule has 0 unspecified atom stereocenters. The smallest absolute Gasteiger partial charge is 0.271 e. The van der Waals surface area contributed by atoms with Crippen LogP contribution in [0.15, 0.2) is 84.0 Å². The molecule has 0 saturated heterocycles. The zero-order valence-electron chi connectivity index (χ0n) is 18.3. The number of nitro groups is 1. The van der Waals surface area contributed by atoms with Crippen molar-refractivity contribution in [2.24, 2.45) is 0 Å². The first-order chi connectivity index (χ1) is 16.5. The van der Waals surface area contributed by atoms with Gasteiger partial charge in [-0.05, 0) is 37.3 Å². The summed E-state index contributed by atoms with van der Waals surface area (Å²) in [5, 5.41) is 26.2. The first-order valence-corrected chi connectivity index (χ1v) is 11.5. The average molecular weight is 475 g/mol. The Balaban J connectivity index is 1.47. The number of carbonyl (C=O) groups excluding carboxylic acids is 1. The number of hydrogen-bond acceptors (Lipinski definition) is 7. The first-order valence-electron chi connectivity index (χ1n) is 10.5. The van der Waals surface area contributed by atoms with Gasteiger partial charge in [-0.15, -0.1) is 10.2 Å². The van der Waals surface area contributed by atoms with Gasteiger partial charge >= 0.3 is 0 Å². The lowest BCUT2D eigenvalue weighted by Crippen LogP contribution is -2.15. The Morgan fingerprint density at radius 1 is 1.00 bits per heavy atom. The Morgan fingerprint density at radius 3 is 2.50 bits per heavy atom. The van der Waals surface area contributed by atoms with Crippen LogP contribution in [-0.2, 0) is 11.3 Å². The summed E-state index contributed by atoms with van der Waals surface area (Å²) in [5.74, 6) is 0.472. The molecular formula is C24H22N6O3S. The monoisotopic (exact) mass is 474 g/mol. The zero-order valence-corrected chi connectivity index (χ0v) is 19.2. The number of aromatic nitrogens is 3. The van der Waals surface area contributed by atoms with Gasteiger partial charge < -0.3 is 10.6 Å². The molecule has 1 aromatic heterocycles. The second-order valence-electron chi connectivity index (χ2n) is 7.43. The van der Waals surface area contributed by atoms with Gasteiger partial charge in [0, 0.05) is 29.2 Å². The molecule has 2 N–H and O–H groups in total. The normalized spacial score (nSPS) is 10.6. The van der Waals surface area contributed by atoms with Crippen molar-refractivity contribution in [3.63, 3.8) is 0 Å². The summed E-state index contributed by atoms with van der Waals surface area (Å²) >= 11 is 1.24. The van der Waals surface area contributed by atoms with E-state index in [1.165, 1.54) is 35.5 Å². The number of aryl methyl sites for hydroxylation is 1. The Morgan fingerprint density at radius 2 is 1.76 bits per heavy atom. The van der Waals surface area contributed by atoms with Crippen molar-refractivity contribution in [3.8, 4) is 5.69 Å². The van der Waals surface area contributed by atoms with Crippen molar-refractivity contribution in [2.45, 2.75) is 18.6 Å². The maximum absolute atomic E-state index is 12.5. The molecule has 1 heterocycles. The van der Waals surface area contributed by atoms with E-state index >= 15 is 0 Å². The minimum Gasteiger partial charge on any atom is -0.378 e. The molecule has 172 valence electrons. The lowest BCUT2D eigenvalue weighted by Gasteiger charge is -2.11. The fourth-order valence-corrected chi connectivity index (χ4v) is 3.99. The minimum atomic E-state index is -0.501. The number of non-ortho nitro benzene ring substituents is 1. The largest absolute Gasteiger partial charge is 0.378 e. The van der Waals surface area contributed by atoms with E-state index in [4.69, 9.17) is 0 Å². The van der Waals surface area contributed by atoms with E-state index in [0.717, 1.165) is 11.4 Å². The van der Waals surface area contributed by atoms with Gasteiger partial charge in [-0.25, -0.2) is 0 Å². The highest BCUT2D eigenvalue weighted by molar-refractivity contribution is 7.99. The molecule has 0 spiro atoms. The Labute approximate surface area is 200 Å². The van der Waals surface area contributed by atoms with Crippen molar-refractivity contribution >= 4 is 34.7 Å². The molecular weight excluding hydrogens is 452 g/mol. The summed E-state index contributed by atoms with van der Waals surface area (Å²) in [6, 6.07) is 23.6. The Bertz CT molecular complexity index is 1290. The maximum Gasteiger partial charge on any atom is 0.271 e. The maximum atomic E-state index is 12.5. The van der Waals surface area contributed by atoms with Crippen LogP contribution in [0.3, 0.4) is 0 Å². The summed E-state index contributed by atoms with van der Waals surface area (Å²) in [7, 11) is 0. The molecule has 0 fully saturated rings. The number of para-hydroxylation sites is 1. The molecule has 34 heavy (non-hydrogen) atoms. The first kappa shape index (κ1) is 23.0. The third kappa shape index (κ3) is 5.78. The van der Waals surface area contributed by atoms with Gasteiger partial charge in [0.2, 0.25) is 5.91 Å². The zero-order chi connectivity index (χ0) is 23.9. The molecule has 0 atom stereocenters. The third-order valence-corrected chi connectivity index (χ3v) is 5.82. The molecule has 0 bridgehead atoms. The number of amides is 1. The highest BCUT2D eigenvalue weighted by atomic mass is 32.2. The van der Waals surface area contributed by atoms with Gasteiger partial charge in [0.05, 0.1) is 17.2 Å². The third-order valence-electron chi connectivity index (χ3n) is 4.89. The predicted octanol–water partition coefficient (Wildman–Crippen LogP) is 4.83. The number of benzene rings is 3. The standard InChI is InChI=1S/C24H22N6O3S/c1-17-10-12-18(13-11-17)25-15-22-27-28-24(29(22)20-7-3-2-4-8-20)34-16-23(31)26-19-6-5-9-21(14-19)30(32)33/h2-14,25H,15-16H2,1H3,(H,26,31). The number of rotatable bonds is 9. The highest BCUT2D eigenvalue weighted by Gasteiger charge is 2.16. The second kappa shape index (κ2) is 10.6. The highest BCUT2D eigenvalue weighted by Crippen LogP contribution is 2.24. The molecule has 1 amide bonds. The molecule has 0 aliphatic heterocycles. The number of nitro benzene ring substituents is 1. The van der Waals surface area contributed by atoms with Crippen LogP contribution in [0.5, 0.6) is 0 Å². The van der Waals surface area contributed by atoms with E-state index < -0.39 is 4.92 Å². The van der Waals surface area contributed by atoms with Crippen LogP contribution >= 0.6 is 11.8 Å². The van der Waals surface area contributed by atoms with Crippen LogP contribution in [0.25, 0.3) is 5.69 Å². The quantitative estimate of drug-likeness (QED) is 0.203. The van der Waals surface area contributed by atoms with Crippen LogP contribution < -0.4 is 10.6 Å². The molecule has 4 rings (SSSR count). The van der Waals surface area contributed by atoms with Crippen LogP contribution in [-0.4, -0.2) is 31.3 Å². The van der Waals surface area contributed by atoms with E-state index in [1.807, 2.05) is 66.1 Å². The average Bonchev–Trinajstić information content (AvgIpc) is 3.26. The fraction of sp³-hybridized carbons (Fsp3) is 0.125. The SMILES string of the molecule is Cc1ccc(NCc2nnc(SCC(=O)Nc3cccc([N+](=O)[O-])c3)n2-c2ccccc2)cc1. The molecule has 10 heteroatoms. The number of nitrogens with one attached hydrogen (secondary N) is 2. The Hall–Kier alpha value is -4.18. The molecule has 0 radical (unpaired) electrons. The molecule has 0 aliphatic rings. The van der Waals surface area contributed by atoms with Gasteiger partial charge in [-0.1, -0.05) is 53.7 Å². The Kier molecular flexibility index (Phi) is 7.19.